The van der Waals surface area contributed by atoms with Crippen molar-refractivity contribution in [2.45, 2.75) is 50.2 Å². The number of rotatable bonds is 5. The molecule has 0 aliphatic carbocycles. The van der Waals surface area contributed by atoms with Gasteiger partial charge in [0, 0.05) is 30.2 Å². The highest BCUT2D eigenvalue weighted by atomic mass is 19.1. The third kappa shape index (κ3) is 3.80. The van der Waals surface area contributed by atoms with Gasteiger partial charge in [-0.1, -0.05) is 36.4 Å². The van der Waals surface area contributed by atoms with Gasteiger partial charge in [-0.3, -0.25) is 9.69 Å². The van der Waals surface area contributed by atoms with Crippen molar-refractivity contribution in [1.82, 2.24) is 10.2 Å². The van der Waals surface area contributed by atoms with E-state index in [0.29, 0.717) is 17.6 Å². The zero-order valence-electron chi connectivity index (χ0n) is 14.9. The molecule has 0 radical (unpaired) electrons. The van der Waals surface area contributed by atoms with Gasteiger partial charge in [-0.2, -0.15) is 0 Å². The van der Waals surface area contributed by atoms with Crippen molar-refractivity contribution < 1.29 is 9.18 Å². The number of hydrogen-bond acceptors (Lipinski definition) is 2. The third-order valence-electron chi connectivity index (χ3n) is 5.81. The fourth-order valence-corrected chi connectivity index (χ4v) is 4.56. The van der Waals surface area contributed by atoms with Crippen LogP contribution < -0.4 is 5.32 Å². The van der Waals surface area contributed by atoms with Crippen LogP contribution in [-0.4, -0.2) is 35.5 Å². The molecular formula is C22H25FN2O. The molecule has 1 amide bonds. The molecule has 3 nitrogen and oxygen atoms in total. The number of piperidine rings is 1. The second-order valence-corrected chi connectivity index (χ2v) is 7.51. The fraction of sp³-hybridized carbons (Fsp3) is 0.409. The van der Waals surface area contributed by atoms with Crippen LogP contribution in [0.2, 0.25) is 0 Å². The molecular weight excluding hydrogens is 327 g/mol. The van der Waals surface area contributed by atoms with Crippen molar-refractivity contribution in [3.05, 3.63) is 71.5 Å². The summed E-state index contributed by atoms with van der Waals surface area (Å²) in [5.41, 5.74) is 1.79. The highest BCUT2D eigenvalue weighted by molar-refractivity contribution is 5.94. The number of halogens is 1. The molecule has 136 valence electrons. The molecule has 2 aromatic rings. The molecule has 0 spiro atoms. The molecule has 2 aliphatic heterocycles. The minimum atomic E-state index is -0.367. The van der Waals surface area contributed by atoms with Gasteiger partial charge in [-0.05, 0) is 55.9 Å². The highest BCUT2D eigenvalue weighted by Crippen LogP contribution is 2.35. The lowest BCUT2D eigenvalue weighted by Gasteiger charge is -2.39. The number of hydrogen-bond donors (Lipinski definition) is 1. The lowest BCUT2D eigenvalue weighted by atomic mass is 9.96. The summed E-state index contributed by atoms with van der Waals surface area (Å²) in [7, 11) is 0. The van der Waals surface area contributed by atoms with Gasteiger partial charge in [0.1, 0.15) is 5.82 Å². The Kier molecular flexibility index (Phi) is 5.02. The van der Waals surface area contributed by atoms with Gasteiger partial charge in [-0.15, -0.1) is 0 Å². The highest BCUT2D eigenvalue weighted by Gasteiger charge is 2.40. The maximum absolute atomic E-state index is 13.3. The van der Waals surface area contributed by atoms with Crippen molar-refractivity contribution in [2.75, 3.05) is 6.54 Å². The van der Waals surface area contributed by atoms with Gasteiger partial charge in [-0.25, -0.2) is 4.39 Å². The molecule has 4 heteroatoms. The maximum atomic E-state index is 13.3. The number of benzene rings is 2. The predicted molar refractivity (Wildman–Crippen MR) is 101 cm³/mol. The number of carbonyl (C=O) groups is 1. The van der Waals surface area contributed by atoms with Gasteiger partial charge < -0.3 is 5.32 Å². The van der Waals surface area contributed by atoms with Gasteiger partial charge in [0.15, 0.2) is 0 Å². The van der Waals surface area contributed by atoms with Crippen LogP contribution in [0.3, 0.4) is 0 Å². The molecule has 2 unspecified atom stereocenters. The first-order chi connectivity index (χ1) is 12.7. The quantitative estimate of drug-likeness (QED) is 0.888. The lowest BCUT2D eigenvalue weighted by molar-refractivity contribution is 0.0848. The molecule has 2 aliphatic rings. The summed E-state index contributed by atoms with van der Waals surface area (Å²) in [6.07, 6.45) is 5.49. The van der Waals surface area contributed by atoms with E-state index in [4.69, 9.17) is 0 Å². The first kappa shape index (κ1) is 17.2. The first-order valence-corrected chi connectivity index (χ1v) is 9.55. The van der Waals surface area contributed by atoms with E-state index in [1.54, 1.807) is 12.1 Å². The van der Waals surface area contributed by atoms with Crippen LogP contribution >= 0.6 is 0 Å². The van der Waals surface area contributed by atoms with Crippen molar-refractivity contribution in [3.63, 3.8) is 0 Å². The van der Waals surface area contributed by atoms with Crippen LogP contribution in [0.4, 0.5) is 4.39 Å². The van der Waals surface area contributed by atoms with Crippen LogP contribution in [0.15, 0.2) is 54.6 Å². The van der Waals surface area contributed by atoms with E-state index in [1.165, 1.54) is 30.5 Å². The summed E-state index contributed by atoms with van der Waals surface area (Å²) in [6.45, 7) is 1.09. The second kappa shape index (κ2) is 7.58. The van der Waals surface area contributed by atoms with Gasteiger partial charge in [0.2, 0.25) is 0 Å². The van der Waals surface area contributed by atoms with E-state index in [2.05, 4.69) is 40.5 Å². The Labute approximate surface area is 154 Å². The summed E-state index contributed by atoms with van der Waals surface area (Å²) in [5, 5.41) is 3.13. The Morgan fingerprint density at radius 1 is 1.04 bits per heavy atom. The summed E-state index contributed by atoms with van der Waals surface area (Å²) in [4.78, 5) is 15.0. The van der Waals surface area contributed by atoms with E-state index in [-0.39, 0.29) is 17.8 Å². The SMILES string of the molecule is O=C(NC1CC2CCC(C1)N2CCc1ccccc1)c1cccc(F)c1. The van der Waals surface area contributed by atoms with E-state index in [9.17, 15) is 9.18 Å². The normalized spacial score (nSPS) is 25.2. The molecule has 0 aromatic heterocycles. The van der Waals surface area contributed by atoms with E-state index in [1.807, 2.05) is 0 Å². The molecule has 2 bridgehead atoms. The fourth-order valence-electron chi connectivity index (χ4n) is 4.56. The number of nitrogens with zero attached hydrogens (tertiary/aromatic N) is 1. The Balaban J connectivity index is 1.33. The number of amides is 1. The average molecular weight is 352 g/mol. The molecule has 2 aromatic carbocycles. The maximum Gasteiger partial charge on any atom is 0.251 e. The van der Waals surface area contributed by atoms with Crippen molar-refractivity contribution in [1.29, 1.82) is 0 Å². The molecule has 4 rings (SSSR count). The monoisotopic (exact) mass is 352 g/mol. The number of carbonyl (C=O) groups excluding carboxylic acids is 1. The van der Waals surface area contributed by atoms with E-state index in [0.717, 1.165) is 25.8 Å². The molecule has 26 heavy (non-hydrogen) atoms. The summed E-state index contributed by atoms with van der Waals surface area (Å²) in [6, 6.07) is 17.8. The molecule has 2 heterocycles. The average Bonchev–Trinajstić information content (AvgIpc) is 2.89. The van der Waals surface area contributed by atoms with Crippen molar-refractivity contribution in [3.8, 4) is 0 Å². The van der Waals surface area contributed by atoms with Crippen LogP contribution in [0.25, 0.3) is 0 Å². The van der Waals surface area contributed by atoms with E-state index < -0.39 is 0 Å². The molecule has 2 saturated heterocycles. The largest absolute Gasteiger partial charge is 0.349 e. The standard InChI is InChI=1S/C22H25FN2O/c23-18-8-4-7-17(13-18)22(26)24-19-14-20-9-10-21(15-19)25(20)12-11-16-5-2-1-3-6-16/h1-8,13,19-21H,9-12,14-15H2,(H,24,26). The smallest absolute Gasteiger partial charge is 0.251 e. The minimum Gasteiger partial charge on any atom is -0.349 e. The zero-order chi connectivity index (χ0) is 17.9. The zero-order valence-corrected chi connectivity index (χ0v) is 14.9. The van der Waals surface area contributed by atoms with Crippen LogP contribution in [0, 0.1) is 5.82 Å². The summed E-state index contributed by atoms with van der Waals surface area (Å²) < 4.78 is 13.3. The number of fused-ring (bicyclic) bond motifs is 2. The summed E-state index contributed by atoms with van der Waals surface area (Å²) in [5.74, 6) is -0.528. The lowest BCUT2D eigenvalue weighted by Crippen LogP contribution is -2.50. The Bertz CT molecular complexity index is 750. The summed E-state index contributed by atoms with van der Waals surface area (Å²) >= 11 is 0. The predicted octanol–water partition coefficient (Wildman–Crippen LogP) is 3.79. The van der Waals surface area contributed by atoms with Crippen LogP contribution in [0.1, 0.15) is 41.6 Å². The second-order valence-electron chi connectivity index (χ2n) is 7.51. The topological polar surface area (TPSA) is 32.3 Å². The van der Waals surface area contributed by atoms with Gasteiger partial charge in [0.05, 0.1) is 0 Å². The van der Waals surface area contributed by atoms with Gasteiger partial charge >= 0.3 is 0 Å². The van der Waals surface area contributed by atoms with Crippen molar-refractivity contribution in [2.24, 2.45) is 0 Å². The molecule has 2 fully saturated rings. The van der Waals surface area contributed by atoms with Gasteiger partial charge in [0.25, 0.3) is 5.91 Å². The van der Waals surface area contributed by atoms with Crippen molar-refractivity contribution >= 4 is 5.91 Å². The third-order valence-corrected chi connectivity index (χ3v) is 5.81. The van der Waals surface area contributed by atoms with Crippen LogP contribution in [0.5, 0.6) is 0 Å². The number of nitrogens with one attached hydrogen (secondary N) is 1. The first-order valence-electron chi connectivity index (χ1n) is 9.55. The Hall–Kier alpha value is -2.20. The molecule has 2 atom stereocenters. The van der Waals surface area contributed by atoms with E-state index >= 15 is 0 Å². The Morgan fingerprint density at radius 3 is 2.46 bits per heavy atom. The van der Waals surface area contributed by atoms with Crippen LogP contribution in [-0.2, 0) is 6.42 Å². The molecule has 1 N–H and O–H groups in total. The molecule has 0 saturated carbocycles. The Morgan fingerprint density at radius 2 is 1.77 bits per heavy atom. The minimum absolute atomic E-state index is 0.161.